The van der Waals surface area contributed by atoms with Crippen LogP contribution in [0.3, 0.4) is 0 Å². The topological polar surface area (TPSA) is 40.5 Å². The Bertz CT molecular complexity index is 415. The number of rotatable bonds is 0. The van der Waals surface area contributed by atoms with Gasteiger partial charge in [-0.25, -0.2) is 0 Å². The van der Waals surface area contributed by atoms with Crippen molar-refractivity contribution in [3.8, 4) is 0 Å². The highest BCUT2D eigenvalue weighted by Crippen LogP contribution is 2.40. The third kappa shape index (κ3) is 1.11. The molecule has 1 amide bonds. The van der Waals surface area contributed by atoms with Crippen molar-refractivity contribution >= 4 is 27.5 Å². The average Bonchev–Trinajstić information content (AvgIpc) is 2.28. The van der Waals surface area contributed by atoms with E-state index >= 15 is 0 Å². The molecule has 1 heterocycles. The van der Waals surface area contributed by atoms with Gasteiger partial charge in [-0.1, -0.05) is 22.0 Å². The Morgan fingerprint density at radius 3 is 2.79 bits per heavy atom. The molecule has 1 aliphatic rings. The fourth-order valence-corrected chi connectivity index (χ4v) is 2.09. The number of hydrogen-bond acceptors (Lipinski definition) is 2. The van der Waals surface area contributed by atoms with Crippen molar-refractivity contribution in [1.29, 1.82) is 0 Å². The van der Waals surface area contributed by atoms with E-state index in [1.165, 1.54) is 11.8 Å². The number of likely N-dealkylation sites (N-methyl/N-ethyl adjacent to an activating group) is 1. The number of hydrogen-bond donors (Lipinski definition) is 1. The van der Waals surface area contributed by atoms with Gasteiger partial charge in [-0.05, 0) is 19.1 Å². The number of amides is 1. The second-order valence-corrected chi connectivity index (χ2v) is 4.51. The van der Waals surface area contributed by atoms with Gasteiger partial charge >= 0.3 is 0 Å². The Hall–Kier alpha value is -0.870. The first kappa shape index (κ1) is 9.68. The summed E-state index contributed by atoms with van der Waals surface area (Å²) in [6.45, 7) is 1.52. The molecule has 0 aliphatic carbocycles. The zero-order valence-corrected chi connectivity index (χ0v) is 9.50. The fourth-order valence-electron chi connectivity index (χ4n) is 1.75. The number of anilines is 1. The molecule has 0 bridgehead atoms. The van der Waals surface area contributed by atoms with Crippen LogP contribution in [0.4, 0.5) is 5.69 Å². The zero-order valence-electron chi connectivity index (χ0n) is 7.91. The van der Waals surface area contributed by atoms with E-state index in [4.69, 9.17) is 0 Å². The lowest BCUT2D eigenvalue weighted by Gasteiger charge is -2.14. The first-order chi connectivity index (χ1) is 6.44. The van der Waals surface area contributed by atoms with Gasteiger partial charge in [-0.2, -0.15) is 0 Å². The summed E-state index contributed by atoms with van der Waals surface area (Å²) in [6, 6.07) is 5.41. The van der Waals surface area contributed by atoms with E-state index in [1.54, 1.807) is 13.1 Å². The lowest BCUT2D eigenvalue weighted by molar-refractivity contribution is -0.133. The van der Waals surface area contributed by atoms with E-state index in [9.17, 15) is 9.90 Å². The number of aliphatic hydroxyl groups is 1. The predicted molar refractivity (Wildman–Crippen MR) is 57.1 cm³/mol. The van der Waals surface area contributed by atoms with Crippen LogP contribution < -0.4 is 4.90 Å². The highest BCUT2D eigenvalue weighted by atomic mass is 79.9. The van der Waals surface area contributed by atoms with Gasteiger partial charge in [0.05, 0.1) is 5.69 Å². The highest BCUT2D eigenvalue weighted by molar-refractivity contribution is 9.10. The van der Waals surface area contributed by atoms with E-state index in [0.29, 0.717) is 5.56 Å². The zero-order chi connectivity index (χ0) is 10.5. The molecule has 1 aliphatic heterocycles. The van der Waals surface area contributed by atoms with Gasteiger partial charge in [0, 0.05) is 17.1 Å². The fraction of sp³-hybridized carbons (Fsp3) is 0.300. The predicted octanol–water partition coefficient (Wildman–Crippen LogP) is 1.63. The van der Waals surface area contributed by atoms with Gasteiger partial charge in [0.1, 0.15) is 0 Å². The van der Waals surface area contributed by atoms with Crippen LogP contribution in [0.15, 0.2) is 22.7 Å². The molecule has 0 radical (unpaired) electrons. The summed E-state index contributed by atoms with van der Waals surface area (Å²) >= 11 is 3.33. The molecule has 0 saturated heterocycles. The van der Waals surface area contributed by atoms with E-state index in [0.717, 1.165) is 10.2 Å². The molecule has 1 aromatic rings. The van der Waals surface area contributed by atoms with Crippen molar-refractivity contribution in [2.45, 2.75) is 12.5 Å². The van der Waals surface area contributed by atoms with Crippen molar-refractivity contribution < 1.29 is 9.90 Å². The van der Waals surface area contributed by atoms with Gasteiger partial charge in [0.25, 0.3) is 5.91 Å². The molecule has 74 valence electrons. The molecule has 1 atom stereocenters. The van der Waals surface area contributed by atoms with E-state index in [2.05, 4.69) is 15.9 Å². The summed E-state index contributed by atoms with van der Waals surface area (Å²) in [5.41, 5.74) is 0.0349. The third-order valence-electron chi connectivity index (χ3n) is 2.57. The van der Waals surface area contributed by atoms with Crippen LogP contribution >= 0.6 is 15.9 Å². The minimum absolute atomic E-state index is 0.286. The minimum Gasteiger partial charge on any atom is -0.375 e. The van der Waals surface area contributed by atoms with Crippen molar-refractivity contribution in [2.75, 3.05) is 11.9 Å². The van der Waals surface area contributed by atoms with Crippen LogP contribution in [0.5, 0.6) is 0 Å². The van der Waals surface area contributed by atoms with E-state index in [1.807, 2.05) is 12.1 Å². The molecule has 0 aromatic heterocycles. The Balaban J connectivity index is 2.68. The van der Waals surface area contributed by atoms with Crippen molar-refractivity contribution in [1.82, 2.24) is 0 Å². The minimum atomic E-state index is -1.38. The second-order valence-electron chi connectivity index (χ2n) is 3.60. The molecule has 14 heavy (non-hydrogen) atoms. The molecular formula is C10H10BrNO2. The molecule has 0 saturated carbocycles. The van der Waals surface area contributed by atoms with Crippen LogP contribution in [0.25, 0.3) is 0 Å². The van der Waals surface area contributed by atoms with Gasteiger partial charge in [0.2, 0.25) is 0 Å². The van der Waals surface area contributed by atoms with Crippen molar-refractivity contribution in [3.05, 3.63) is 28.2 Å². The maximum Gasteiger partial charge on any atom is 0.263 e. The lowest BCUT2D eigenvalue weighted by atomic mass is 9.98. The van der Waals surface area contributed by atoms with Crippen LogP contribution in [-0.2, 0) is 10.4 Å². The van der Waals surface area contributed by atoms with Crippen LogP contribution in [0, 0.1) is 0 Å². The summed E-state index contributed by atoms with van der Waals surface area (Å²) in [4.78, 5) is 13.1. The normalized spacial score (nSPS) is 25.4. The summed E-state index contributed by atoms with van der Waals surface area (Å²) < 4.78 is 0.897. The molecule has 1 N–H and O–H groups in total. The van der Waals surface area contributed by atoms with Gasteiger partial charge in [-0.3, -0.25) is 4.79 Å². The van der Waals surface area contributed by atoms with Gasteiger partial charge in [0.15, 0.2) is 5.60 Å². The van der Waals surface area contributed by atoms with Crippen LogP contribution in [-0.4, -0.2) is 18.1 Å². The Morgan fingerprint density at radius 2 is 2.14 bits per heavy atom. The number of carbonyl (C=O) groups excluding carboxylic acids is 1. The number of fused-ring (bicyclic) bond motifs is 1. The number of benzene rings is 1. The van der Waals surface area contributed by atoms with Crippen molar-refractivity contribution in [3.63, 3.8) is 0 Å². The molecule has 0 spiro atoms. The summed E-state index contributed by atoms with van der Waals surface area (Å²) in [5.74, 6) is -0.286. The van der Waals surface area contributed by atoms with Gasteiger partial charge < -0.3 is 10.0 Å². The van der Waals surface area contributed by atoms with E-state index in [-0.39, 0.29) is 5.91 Å². The highest BCUT2D eigenvalue weighted by Gasteiger charge is 2.44. The SMILES string of the molecule is CN1C(=O)C(C)(O)c2ccc(Br)cc21. The van der Waals surface area contributed by atoms with E-state index < -0.39 is 5.60 Å². The maximum absolute atomic E-state index is 11.7. The molecule has 4 heteroatoms. The maximum atomic E-state index is 11.7. The quantitative estimate of drug-likeness (QED) is 0.766. The molecule has 1 aromatic carbocycles. The Labute approximate surface area is 90.5 Å². The molecular weight excluding hydrogens is 246 g/mol. The molecule has 3 nitrogen and oxygen atoms in total. The number of carbonyl (C=O) groups is 1. The smallest absolute Gasteiger partial charge is 0.263 e. The summed E-state index contributed by atoms with van der Waals surface area (Å²) in [6.07, 6.45) is 0. The number of halogens is 1. The summed E-state index contributed by atoms with van der Waals surface area (Å²) in [7, 11) is 1.66. The first-order valence-electron chi connectivity index (χ1n) is 4.25. The van der Waals surface area contributed by atoms with Crippen molar-refractivity contribution in [2.24, 2.45) is 0 Å². The molecule has 1 unspecified atom stereocenters. The molecule has 0 fully saturated rings. The summed E-state index contributed by atoms with van der Waals surface area (Å²) in [5, 5.41) is 9.97. The second kappa shape index (κ2) is 2.81. The monoisotopic (exact) mass is 255 g/mol. The Kier molecular flexibility index (Phi) is 1.94. The van der Waals surface area contributed by atoms with Gasteiger partial charge in [-0.15, -0.1) is 0 Å². The lowest BCUT2D eigenvalue weighted by Crippen LogP contribution is -2.35. The standard InChI is InChI=1S/C10H10BrNO2/c1-10(14)7-4-3-6(11)5-8(7)12(2)9(10)13/h3-5,14H,1-2H3. The first-order valence-corrected chi connectivity index (χ1v) is 5.04. The Morgan fingerprint density at radius 1 is 1.50 bits per heavy atom. The average molecular weight is 256 g/mol. The van der Waals surface area contributed by atoms with Crippen LogP contribution in [0.2, 0.25) is 0 Å². The third-order valence-corrected chi connectivity index (χ3v) is 3.06. The molecule has 2 rings (SSSR count). The van der Waals surface area contributed by atoms with Crippen LogP contribution in [0.1, 0.15) is 12.5 Å². The largest absolute Gasteiger partial charge is 0.375 e. The number of nitrogens with zero attached hydrogens (tertiary/aromatic N) is 1.